The van der Waals surface area contributed by atoms with Crippen molar-refractivity contribution in [1.82, 2.24) is 5.32 Å². The summed E-state index contributed by atoms with van der Waals surface area (Å²) in [5.74, 6) is -0.870. The zero-order valence-electron chi connectivity index (χ0n) is 11.9. The summed E-state index contributed by atoms with van der Waals surface area (Å²) < 4.78 is 19.7. The first-order chi connectivity index (χ1) is 10.2. The molecular formula is C16H17FN2O2. The van der Waals surface area contributed by atoms with Crippen LogP contribution < -0.4 is 10.1 Å². The van der Waals surface area contributed by atoms with Crippen molar-refractivity contribution in [2.75, 3.05) is 6.54 Å². The first-order valence-electron chi connectivity index (χ1n) is 7.01. The first kappa shape index (κ1) is 15.0. The Balaban J connectivity index is 2.21. The van der Waals surface area contributed by atoms with E-state index < -0.39 is 11.7 Å². The standard InChI is InChI=1S/C16H17FN2O2/c1-2-8-19-16(20)12(10-18)9-11-4-3-5-14(15(11)17)21-13-6-7-13/h3-5,9,13H,2,6-8H2,1H3,(H,19,20)/b12-9+. The lowest BCUT2D eigenvalue weighted by Gasteiger charge is -2.08. The van der Waals surface area contributed by atoms with Gasteiger partial charge in [-0.3, -0.25) is 4.79 Å². The van der Waals surface area contributed by atoms with Crippen LogP contribution >= 0.6 is 0 Å². The quantitative estimate of drug-likeness (QED) is 0.646. The van der Waals surface area contributed by atoms with E-state index in [1.54, 1.807) is 18.2 Å². The number of rotatable bonds is 6. The highest BCUT2D eigenvalue weighted by molar-refractivity contribution is 6.01. The Morgan fingerprint density at radius 2 is 2.33 bits per heavy atom. The van der Waals surface area contributed by atoms with E-state index in [1.165, 1.54) is 12.1 Å². The second kappa shape index (κ2) is 6.89. The van der Waals surface area contributed by atoms with Gasteiger partial charge >= 0.3 is 0 Å². The number of amides is 1. The van der Waals surface area contributed by atoms with Crippen LogP contribution in [-0.4, -0.2) is 18.6 Å². The normalized spacial score (nSPS) is 14.4. The van der Waals surface area contributed by atoms with Crippen molar-refractivity contribution in [1.29, 1.82) is 5.26 Å². The van der Waals surface area contributed by atoms with Crippen LogP contribution in [0, 0.1) is 17.1 Å². The summed E-state index contributed by atoms with van der Waals surface area (Å²) in [6.07, 6.45) is 3.97. The summed E-state index contributed by atoms with van der Waals surface area (Å²) in [7, 11) is 0. The minimum Gasteiger partial charge on any atom is -0.487 e. The smallest absolute Gasteiger partial charge is 0.261 e. The second-order valence-electron chi connectivity index (χ2n) is 4.90. The molecule has 0 atom stereocenters. The van der Waals surface area contributed by atoms with Crippen LogP contribution in [0.5, 0.6) is 5.75 Å². The largest absolute Gasteiger partial charge is 0.487 e. The number of hydrogen-bond acceptors (Lipinski definition) is 3. The monoisotopic (exact) mass is 288 g/mol. The van der Waals surface area contributed by atoms with E-state index in [2.05, 4.69) is 5.32 Å². The van der Waals surface area contributed by atoms with Gasteiger partial charge in [0.25, 0.3) is 5.91 Å². The fourth-order valence-electron chi connectivity index (χ4n) is 1.73. The van der Waals surface area contributed by atoms with E-state index >= 15 is 0 Å². The fourth-order valence-corrected chi connectivity index (χ4v) is 1.73. The van der Waals surface area contributed by atoms with Gasteiger partial charge in [-0.25, -0.2) is 4.39 Å². The van der Waals surface area contributed by atoms with E-state index in [0.29, 0.717) is 6.54 Å². The molecule has 5 heteroatoms. The third kappa shape index (κ3) is 4.06. The Kier molecular flexibility index (Phi) is 4.94. The SMILES string of the molecule is CCCNC(=O)/C(C#N)=C/c1cccc(OC2CC2)c1F. The Morgan fingerprint density at radius 3 is 2.95 bits per heavy atom. The number of nitrogens with one attached hydrogen (secondary N) is 1. The number of benzene rings is 1. The summed E-state index contributed by atoms with van der Waals surface area (Å²) in [5.41, 5.74) is 0.0577. The molecule has 0 aliphatic heterocycles. The van der Waals surface area contributed by atoms with E-state index in [4.69, 9.17) is 10.00 Å². The summed E-state index contributed by atoms with van der Waals surface area (Å²) in [6, 6.07) is 6.51. The van der Waals surface area contributed by atoms with Gasteiger partial charge in [-0.2, -0.15) is 5.26 Å². The molecule has 0 saturated heterocycles. The number of hydrogen-bond donors (Lipinski definition) is 1. The molecular weight excluding hydrogens is 271 g/mol. The van der Waals surface area contributed by atoms with Crippen molar-refractivity contribution >= 4 is 12.0 Å². The average Bonchev–Trinajstić information content (AvgIpc) is 3.29. The fraction of sp³-hybridized carbons (Fsp3) is 0.375. The summed E-state index contributed by atoms with van der Waals surface area (Å²) in [4.78, 5) is 11.8. The topological polar surface area (TPSA) is 62.1 Å². The number of nitriles is 1. The van der Waals surface area contributed by atoms with Gasteiger partial charge in [0.1, 0.15) is 11.6 Å². The van der Waals surface area contributed by atoms with Crippen molar-refractivity contribution in [3.63, 3.8) is 0 Å². The molecule has 1 aliphatic carbocycles. The summed E-state index contributed by atoms with van der Waals surface area (Å²) in [6.45, 7) is 2.39. The molecule has 0 unspecified atom stereocenters. The van der Waals surface area contributed by atoms with Crippen molar-refractivity contribution in [2.24, 2.45) is 0 Å². The molecule has 1 fully saturated rings. The molecule has 2 rings (SSSR count). The molecule has 1 aliphatic rings. The van der Waals surface area contributed by atoms with Crippen LogP contribution in [-0.2, 0) is 4.79 Å². The molecule has 0 spiro atoms. The van der Waals surface area contributed by atoms with Gasteiger partial charge in [-0.15, -0.1) is 0 Å². The van der Waals surface area contributed by atoms with Crippen molar-refractivity contribution in [2.45, 2.75) is 32.3 Å². The minimum atomic E-state index is -0.541. The number of nitrogens with zero attached hydrogens (tertiary/aromatic N) is 1. The van der Waals surface area contributed by atoms with Gasteiger partial charge in [0.15, 0.2) is 11.6 Å². The third-order valence-corrected chi connectivity index (χ3v) is 3.01. The summed E-state index contributed by atoms with van der Waals surface area (Å²) >= 11 is 0. The van der Waals surface area contributed by atoms with Crippen LogP contribution in [0.4, 0.5) is 4.39 Å². The van der Waals surface area contributed by atoms with Crippen LogP contribution in [0.2, 0.25) is 0 Å². The van der Waals surface area contributed by atoms with Gasteiger partial charge in [-0.1, -0.05) is 19.1 Å². The molecule has 1 saturated carbocycles. The number of halogens is 1. The van der Waals surface area contributed by atoms with Crippen LogP contribution in [0.1, 0.15) is 31.7 Å². The molecule has 0 bridgehead atoms. The Hall–Kier alpha value is -2.35. The van der Waals surface area contributed by atoms with Crippen molar-refractivity contribution in [3.05, 3.63) is 35.2 Å². The van der Waals surface area contributed by atoms with Gasteiger partial charge in [0.2, 0.25) is 0 Å². The second-order valence-corrected chi connectivity index (χ2v) is 4.90. The lowest BCUT2D eigenvalue weighted by atomic mass is 10.1. The molecule has 1 N–H and O–H groups in total. The first-order valence-corrected chi connectivity index (χ1v) is 7.01. The van der Waals surface area contributed by atoms with Gasteiger partial charge in [0, 0.05) is 12.1 Å². The predicted molar refractivity (Wildman–Crippen MR) is 76.9 cm³/mol. The molecule has 0 radical (unpaired) electrons. The zero-order chi connectivity index (χ0) is 15.2. The highest BCUT2D eigenvalue weighted by atomic mass is 19.1. The van der Waals surface area contributed by atoms with E-state index in [9.17, 15) is 9.18 Å². The third-order valence-electron chi connectivity index (χ3n) is 3.01. The maximum Gasteiger partial charge on any atom is 0.261 e. The molecule has 21 heavy (non-hydrogen) atoms. The minimum absolute atomic E-state index is 0.0852. The predicted octanol–water partition coefficient (Wildman–Crippen LogP) is 2.80. The maximum atomic E-state index is 14.3. The molecule has 4 nitrogen and oxygen atoms in total. The van der Waals surface area contributed by atoms with Gasteiger partial charge < -0.3 is 10.1 Å². The van der Waals surface area contributed by atoms with E-state index in [1.807, 2.05) is 6.92 Å². The highest BCUT2D eigenvalue weighted by Gasteiger charge is 2.25. The van der Waals surface area contributed by atoms with Crippen molar-refractivity contribution in [3.8, 4) is 11.8 Å². The van der Waals surface area contributed by atoms with Gasteiger partial charge in [-0.05, 0) is 31.4 Å². The van der Waals surface area contributed by atoms with Crippen LogP contribution in [0.3, 0.4) is 0 Å². The maximum absolute atomic E-state index is 14.3. The average molecular weight is 288 g/mol. The lowest BCUT2D eigenvalue weighted by Crippen LogP contribution is -2.25. The van der Waals surface area contributed by atoms with Crippen LogP contribution in [0.25, 0.3) is 6.08 Å². The molecule has 1 amide bonds. The Labute approximate surface area is 123 Å². The molecule has 0 heterocycles. The summed E-state index contributed by atoms with van der Waals surface area (Å²) in [5, 5.41) is 11.6. The molecule has 0 aromatic heterocycles. The number of ether oxygens (including phenoxy) is 1. The van der Waals surface area contributed by atoms with E-state index in [-0.39, 0.29) is 23.0 Å². The Bertz CT molecular complexity index is 601. The molecule has 1 aromatic carbocycles. The highest BCUT2D eigenvalue weighted by Crippen LogP contribution is 2.30. The van der Waals surface area contributed by atoms with Gasteiger partial charge in [0.05, 0.1) is 6.10 Å². The van der Waals surface area contributed by atoms with E-state index in [0.717, 1.165) is 19.3 Å². The zero-order valence-corrected chi connectivity index (χ0v) is 11.9. The van der Waals surface area contributed by atoms with Crippen LogP contribution in [0.15, 0.2) is 23.8 Å². The molecule has 1 aromatic rings. The molecule has 110 valence electrons. The number of carbonyl (C=O) groups excluding carboxylic acids is 1. The Morgan fingerprint density at radius 1 is 1.57 bits per heavy atom. The van der Waals surface area contributed by atoms with Crippen molar-refractivity contribution < 1.29 is 13.9 Å². The number of carbonyl (C=O) groups is 1. The lowest BCUT2D eigenvalue weighted by molar-refractivity contribution is -0.117.